The number of aromatic nitrogens is 1. The molecular weight excluding hydrogens is 538 g/mol. The van der Waals surface area contributed by atoms with Crippen LogP contribution in [0.25, 0.3) is 0 Å². The molecule has 3 heterocycles. The Morgan fingerprint density at radius 2 is 1.80 bits per heavy atom. The number of hydrogen-bond donors (Lipinski definition) is 2. The number of nitrogens with zero attached hydrogens (tertiary/aromatic N) is 5. The monoisotopic (exact) mass is 575 g/mol. The van der Waals surface area contributed by atoms with Gasteiger partial charge in [-0.25, -0.2) is 13.5 Å². The number of rotatable bonds is 9. The van der Waals surface area contributed by atoms with Crippen molar-refractivity contribution in [2.75, 3.05) is 12.8 Å². The number of hydrogen-bond acceptors (Lipinski definition) is 9. The molecule has 2 atom stereocenters. The van der Waals surface area contributed by atoms with Crippen LogP contribution in [0.3, 0.4) is 0 Å². The minimum absolute atomic E-state index is 0.0540. The summed E-state index contributed by atoms with van der Waals surface area (Å²) in [5.41, 5.74) is 8.32. The third kappa shape index (κ3) is 6.02. The third-order valence-corrected chi connectivity index (χ3v) is 9.47. The minimum atomic E-state index is -3.25. The molecule has 2 aliphatic rings. The Morgan fingerprint density at radius 3 is 2.41 bits per heavy atom. The predicted molar refractivity (Wildman–Crippen MR) is 156 cm³/mol. The Hall–Kier alpha value is -3.67. The molecule has 0 bridgehead atoms. The molecular formula is C30H37N7O3S. The van der Waals surface area contributed by atoms with Gasteiger partial charge in [-0.2, -0.15) is 5.43 Å². The summed E-state index contributed by atoms with van der Waals surface area (Å²) in [6, 6.07) is 17.2. The smallest absolute Gasteiger partial charge is 0.253 e. The molecule has 5 rings (SSSR count). The summed E-state index contributed by atoms with van der Waals surface area (Å²) in [4.78, 5) is 20.4. The highest BCUT2D eigenvalue weighted by atomic mass is 32.2. The predicted octanol–water partition coefficient (Wildman–Crippen LogP) is 4.51. The number of carbonyl (C=O) groups is 1. The molecule has 1 amide bonds. The van der Waals surface area contributed by atoms with Gasteiger partial charge in [0.1, 0.15) is 0 Å². The molecule has 0 radical (unpaired) electrons. The van der Waals surface area contributed by atoms with E-state index in [2.05, 4.69) is 64.1 Å². The van der Waals surface area contributed by atoms with Crippen molar-refractivity contribution in [3.63, 3.8) is 0 Å². The number of sulfone groups is 1. The standard InChI is InChI=1S/C30H37N7O3S/c1-6-41(39,40)26-13-9-21(10-14-26)16-32-29(38)23-15-24-19-37(28(20(2)3)27(24)31-17-23)18-22-7-11-25(12-8-22)30(4)33-35-36(5)34-30/h7-15,17,20,28,34H,6,16,18-19H2,1-5H3,(H,32,38)/t28-,30?/m0/s1. The molecule has 216 valence electrons. The second-order valence-corrected chi connectivity index (χ2v) is 13.5. The molecule has 11 heteroatoms. The second-order valence-electron chi connectivity index (χ2n) is 11.2. The van der Waals surface area contributed by atoms with Crippen LogP contribution < -0.4 is 10.7 Å². The zero-order valence-electron chi connectivity index (χ0n) is 24.1. The van der Waals surface area contributed by atoms with E-state index in [1.54, 1.807) is 42.5 Å². The van der Waals surface area contributed by atoms with Crippen LogP contribution in [-0.2, 0) is 35.1 Å². The Kier molecular flexibility index (Phi) is 7.95. The molecule has 0 saturated carbocycles. The molecule has 0 saturated heterocycles. The van der Waals surface area contributed by atoms with Gasteiger partial charge in [-0.15, -0.1) is 5.11 Å². The van der Waals surface area contributed by atoms with Gasteiger partial charge in [0.25, 0.3) is 5.91 Å². The van der Waals surface area contributed by atoms with Gasteiger partial charge in [-0.1, -0.05) is 62.4 Å². The zero-order chi connectivity index (χ0) is 29.4. The lowest BCUT2D eigenvalue weighted by atomic mass is 9.98. The number of pyridine rings is 1. The largest absolute Gasteiger partial charge is 0.348 e. The summed E-state index contributed by atoms with van der Waals surface area (Å²) in [7, 11) is -1.43. The second kappa shape index (κ2) is 11.3. The van der Waals surface area contributed by atoms with E-state index in [0.717, 1.165) is 28.9 Å². The molecule has 0 spiro atoms. The minimum Gasteiger partial charge on any atom is -0.348 e. The number of amides is 1. The highest BCUT2D eigenvalue weighted by molar-refractivity contribution is 7.91. The molecule has 2 aliphatic heterocycles. The fourth-order valence-corrected chi connectivity index (χ4v) is 6.38. The summed E-state index contributed by atoms with van der Waals surface area (Å²) in [5, 5.41) is 13.0. The van der Waals surface area contributed by atoms with Crippen molar-refractivity contribution in [2.45, 2.75) is 63.9 Å². The van der Waals surface area contributed by atoms with Gasteiger partial charge < -0.3 is 5.32 Å². The Balaban J connectivity index is 1.25. The van der Waals surface area contributed by atoms with Crippen LogP contribution in [0.2, 0.25) is 0 Å². The summed E-state index contributed by atoms with van der Waals surface area (Å²) in [6.45, 7) is 9.78. The molecule has 0 aliphatic carbocycles. The van der Waals surface area contributed by atoms with E-state index in [1.807, 2.05) is 20.0 Å². The van der Waals surface area contributed by atoms with Crippen molar-refractivity contribution < 1.29 is 13.2 Å². The van der Waals surface area contributed by atoms with E-state index in [1.165, 1.54) is 5.56 Å². The molecule has 1 unspecified atom stereocenters. The SMILES string of the molecule is CCS(=O)(=O)c1ccc(CNC(=O)c2cnc3c(c2)CN(Cc2ccc(C4(C)N=NN(C)N4)cc2)[C@H]3C(C)C)cc1. The van der Waals surface area contributed by atoms with E-state index in [4.69, 9.17) is 4.98 Å². The molecule has 2 N–H and O–H groups in total. The van der Waals surface area contributed by atoms with Crippen LogP contribution in [-0.4, -0.2) is 42.1 Å². The van der Waals surface area contributed by atoms with Gasteiger partial charge in [0.15, 0.2) is 15.5 Å². The van der Waals surface area contributed by atoms with Gasteiger partial charge in [0.05, 0.1) is 27.9 Å². The number of hydrazine groups is 1. The lowest BCUT2D eigenvalue weighted by Gasteiger charge is -2.28. The average Bonchev–Trinajstić information content (AvgIpc) is 3.51. The maximum absolute atomic E-state index is 13.0. The van der Waals surface area contributed by atoms with Crippen molar-refractivity contribution in [1.82, 2.24) is 25.7 Å². The first-order valence-corrected chi connectivity index (χ1v) is 15.5. The Bertz CT molecular complexity index is 1560. The summed E-state index contributed by atoms with van der Waals surface area (Å²) < 4.78 is 24.1. The van der Waals surface area contributed by atoms with Crippen LogP contribution in [0.15, 0.2) is 76.0 Å². The fourth-order valence-electron chi connectivity index (χ4n) is 5.49. The maximum atomic E-state index is 13.0. The lowest BCUT2D eigenvalue weighted by Crippen LogP contribution is -2.40. The summed E-state index contributed by atoms with van der Waals surface area (Å²) in [5.74, 6) is 0.190. The normalized spacial score (nSPS) is 20.5. The number of benzene rings is 2. The van der Waals surface area contributed by atoms with Crippen molar-refractivity contribution in [3.05, 3.63) is 94.3 Å². The van der Waals surface area contributed by atoms with E-state index >= 15 is 0 Å². The first-order valence-electron chi connectivity index (χ1n) is 13.9. The Labute approximate surface area is 241 Å². The highest BCUT2D eigenvalue weighted by Gasteiger charge is 2.35. The summed E-state index contributed by atoms with van der Waals surface area (Å²) in [6.07, 6.45) is 1.65. The first kappa shape index (κ1) is 28.8. The number of carbonyl (C=O) groups excluding carboxylic acids is 1. The maximum Gasteiger partial charge on any atom is 0.253 e. The van der Waals surface area contributed by atoms with Gasteiger partial charge in [0.2, 0.25) is 0 Å². The van der Waals surface area contributed by atoms with E-state index in [9.17, 15) is 13.2 Å². The molecule has 3 aromatic rings. The van der Waals surface area contributed by atoms with Crippen molar-refractivity contribution in [2.24, 2.45) is 16.3 Å². The Morgan fingerprint density at radius 1 is 1.12 bits per heavy atom. The highest BCUT2D eigenvalue weighted by Crippen LogP contribution is 2.39. The van der Waals surface area contributed by atoms with Crippen molar-refractivity contribution >= 4 is 15.7 Å². The van der Waals surface area contributed by atoms with Gasteiger partial charge in [0, 0.05) is 32.9 Å². The van der Waals surface area contributed by atoms with Crippen molar-refractivity contribution in [1.29, 1.82) is 0 Å². The van der Waals surface area contributed by atoms with Gasteiger partial charge >= 0.3 is 0 Å². The van der Waals surface area contributed by atoms with Crippen molar-refractivity contribution in [3.8, 4) is 0 Å². The van der Waals surface area contributed by atoms with Crippen LogP contribution in [0.5, 0.6) is 0 Å². The van der Waals surface area contributed by atoms with Crippen LogP contribution >= 0.6 is 0 Å². The van der Waals surface area contributed by atoms with Crippen LogP contribution in [0.1, 0.15) is 72.0 Å². The molecule has 2 aromatic carbocycles. The van der Waals surface area contributed by atoms with Gasteiger partial charge in [-0.05, 0) is 53.3 Å². The number of fused-ring (bicyclic) bond motifs is 1. The van der Waals surface area contributed by atoms with Crippen LogP contribution in [0, 0.1) is 5.92 Å². The quantitative estimate of drug-likeness (QED) is 0.385. The molecule has 1 aromatic heterocycles. The summed E-state index contributed by atoms with van der Waals surface area (Å²) >= 11 is 0. The fraction of sp³-hybridized carbons (Fsp3) is 0.400. The zero-order valence-corrected chi connectivity index (χ0v) is 24.9. The topological polar surface area (TPSA) is 119 Å². The molecule has 41 heavy (non-hydrogen) atoms. The number of nitrogens with one attached hydrogen (secondary N) is 2. The van der Waals surface area contributed by atoms with E-state index in [0.29, 0.717) is 24.6 Å². The third-order valence-electron chi connectivity index (χ3n) is 7.72. The van der Waals surface area contributed by atoms with E-state index in [-0.39, 0.29) is 22.6 Å². The molecule has 10 nitrogen and oxygen atoms in total. The first-order chi connectivity index (χ1) is 19.5. The molecule has 0 fully saturated rings. The van der Waals surface area contributed by atoms with Gasteiger partial charge in [-0.3, -0.25) is 14.7 Å². The van der Waals surface area contributed by atoms with E-state index < -0.39 is 15.5 Å². The lowest BCUT2D eigenvalue weighted by molar-refractivity contribution is 0.0950. The average molecular weight is 576 g/mol. The van der Waals surface area contributed by atoms with Crippen LogP contribution in [0.4, 0.5) is 0 Å².